The number of anilines is 3. The van der Waals surface area contributed by atoms with Crippen LogP contribution in [0, 0.1) is 0 Å². The summed E-state index contributed by atoms with van der Waals surface area (Å²) in [6.45, 7) is 4.19. The van der Waals surface area contributed by atoms with E-state index in [1.165, 1.54) is 11.3 Å². The number of amides is 1. The van der Waals surface area contributed by atoms with E-state index in [-0.39, 0.29) is 5.91 Å². The molecule has 2 aromatic carbocycles. The number of halogens is 1. The van der Waals surface area contributed by atoms with Crippen molar-refractivity contribution in [3.63, 3.8) is 0 Å². The predicted molar refractivity (Wildman–Crippen MR) is 127 cm³/mol. The van der Waals surface area contributed by atoms with E-state index >= 15 is 0 Å². The first kappa shape index (κ1) is 19.4. The second-order valence-corrected chi connectivity index (χ2v) is 9.93. The van der Waals surface area contributed by atoms with Gasteiger partial charge in [-0.15, -0.1) is 11.3 Å². The fraction of sp³-hybridized carbons (Fsp3) is 0.130. The van der Waals surface area contributed by atoms with Crippen LogP contribution < -0.4 is 10.6 Å². The topological polar surface area (TPSA) is 59.2 Å². The van der Waals surface area contributed by atoms with Gasteiger partial charge in [-0.1, -0.05) is 49.3 Å². The molecular formula is C23H18ClN3OS2. The number of benzene rings is 2. The van der Waals surface area contributed by atoms with Gasteiger partial charge in [0.1, 0.15) is 9.71 Å². The minimum absolute atomic E-state index is 0.169. The van der Waals surface area contributed by atoms with Crippen LogP contribution in [0.4, 0.5) is 17.1 Å². The van der Waals surface area contributed by atoms with Crippen molar-refractivity contribution in [3.05, 3.63) is 70.2 Å². The Labute approximate surface area is 187 Å². The molecule has 7 heteroatoms. The number of hydrogen-bond donors (Lipinski definition) is 1. The third-order valence-electron chi connectivity index (χ3n) is 5.09. The van der Waals surface area contributed by atoms with Crippen LogP contribution in [0.5, 0.6) is 0 Å². The first-order chi connectivity index (χ1) is 14.4. The Kier molecular flexibility index (Phi) is 4.73. The maximum atomic E-state index is 13.8. The van der Waals surface area contributed by atoms with Crippen molar-refractivity contribution in [1.29, 1.82) is 0 Å². The lowest BCUT2D eigenvalue weighted by Gasteiger charge is -2.31. The smallest absolute Gasteiger partial charge is 0.275 e. The van der Waals surface area contributed by atoms with Gasteiger partial charge in [-0.05, 0) is 48.4 Å². The lowest BCUT2D eigenvalue weighted by Crippen LogP contribution is -2.28. The summed E-state index contributed by atoms with van der Waals surface area (Å²) in [6.07, 6.45) is 0. The number of aromatic nitrogens is 1. The highest BCUT2D eigenvalue weighted by Gasteiger charge is 2.31. The zero-order valence-electron chi connectivity index (χ0n) is 16.3. The number of fused-ring (bicyclic) bond motifs is 3. The van der Waals surface area contributed by atoms with E-state index in [1.54, 1.807) is 16.7 Å². The van der Waals surface area contributed by atoms with Crippen LogP contribution >= 0.6 is 34.7 Å². The summed E-state index contributed by atoms with van der Waals surface area (Å²) < 4.78 is 0. The SMILES string of the molecule is CC(C)c1ccc2c(N)c(C(=O)N3c4ccccc4Sc4ccc(Cl)cc43)sc2n1. The van der Waals surface area contributed by atoms with Crippen molar-refractivity contribution in [2.45, 2.75) is 29.6 Å². The zero-order chi connectivity index (χ0) is 21.0. The van der Waals surface area contributed by atoms with Gasteiger partial charge in [-0.3, -0.25) is 9.69 Å². The Morgan fingerprint density at radius 2 is 1.83 bits per heavy atom. The van der Waals surface area contributed by atoms with E-state index in [0.717, 1.165) is 37.1 Å². The molecule has 2 aromatic heterocycles. The molecule has 150 valence electrons. The van der Waals surface area contributed by atoms with Crippen LogP contribution in [0.3, 0.4) is 0 Å². The minimum Gasteiger partial charge on any atom is -0.397 e. The Hall–Kier alpha value is -2.54. The summed E-state index contributed by atoms with van der Waals surface area (Å²) >= 11 is 9.26. The first-order valence-electron chi connectivity index (χ1n) is 9.54. The fourth-order valence-corrected chi connectivity index (χ4v) is 5.78. The van der Waals surface area contributed by atoms with Gasteiger partial charge in [0.15, 0.2) is 0 Å². The molecule has 0 radical (unpaired) electrons. The highest BCUT2D eigenvalue weighted by Crippen LogP contribution is 2.50. The number of nitrogens with zero attached hydrogens (tertiary/aromatic N) is 2. The molecule has 5 rings (SSSR count). The molecule has 0 saturated heterocycles. The van der Waals surface area contributed by atoms with Gasteiger partial charge < -0.3 is 5.73 Å². The van der Waals surface area contributed by atoms with Gasteiger partial charge in [0.2, 0.25) is 0 Å². The summed E-state index contributed by atoms with van der Waals surface area (Å²) in [4.78, 5) is 23.5. The number of carbonyl (C=O) groups is 1. The number of hydrogen-bond acceptors (Lipinski definition) is 5. The van der Waals surface area contributed by atoms with Gasteiger partial charge in [-0.2, -0.15) is 0 Å². The molecule has 0 atom stereocenters. The summed E-state index contributed by atoms with van der Waals surface area (Å²) in [5.41, 5.74) is 9.49. The van der Waals surface area contributed by atoms with Crippen molar-refractivity contribution in [1.82, 2.24) is 4.98 Å². The lowest BCUT2D eigenvalue weighted by atomic mass is 10.1. The number of rotatable bonds is 2. The number of pyridine rings is 1. The molecule has 1 aliphatic heterocycles. The Balaban J connectivity index is 1.68. The van der Waals surface area contributed by atoms with Crippen LogP contribution in [0.1, 0.15) is 35.1 Å². The Morgan fingerprint density at radius 1 is 1.07 bits per heavy atom. The van der Waals surface area contributed by atoms with Crippen LogP contribution in [0.2, 0.25) is 5.02 Å². The summed E-state index contributed by atoms with van der Waals surface area (Å²) in [5, 5.41) is 1.40. The molecule has 30 heavy (non-hydrogen) atoms. The van der Waals surface area contributed by atoms with Crippen molar-refractivity contribution >= 4 is 67.9 Å². The summed E-state index contributed by atoms with van der Waals surface area (Å²) in [5.74, 6) is 0.134. The van der Waals surface area contributed by atoms with Crippen LogP contribution in [-0.4, -0.2) is 10.9 Å². The molecule has 4 nitrogen and oxygen atoms in total. The fourth-order valence-electron chi connectivity index (χ4n) is 3.54. The Bertz CT molecular complexity index is 1320. The second-order valence-electron chi connectivity index (χ2n) is 7.41. The maximum Gasteiger partial charge on any atom is 0.275 e. The molecule has 0 saturated carbocycles. The normalized spacial score (nSPS) is 12.9. The van der Waals surface area contributed by atoms with Gasteiger partial charge in [-0.25, -0.2) is 4.98 Å². The molecule has 0 aliphatic carbocycles. The van der Waals surface area contributed by atoms with Gasteiger partial charge in [0, 0.05) is 25.9 Å². The van der Waals surface area contributed by atoms with E-state index < -0.39 is 0 Å². The molecular weight excluding hydrogens is 434 g/mol. The predicted octanol–water partition coefficient (Wildman–Crippen LogP) is 7.10. The lowest BCUT2D eigenvalue weighted by molar-refractivity contribution is 0.100. The highest BCUT2D eigenvalue weighted by atomic mass is 35.5. The Morgan fingerprint density at radius 3 is 2.63 bits per heavy atom. The molecule has 1 amide bonds. The largest absolute Gasteiger partial charge is 0.397 e. The number of nitrogens with two attached hydrogens (primary N) is 1. The van der Waals surface area contributed by atoms with Crippen molar-refractivity contribution in [2.75, 3.05) is 10.6 Å². The molecule has 0 bridgehead atoms. The van der Waals surface area contributed by atoms with E-state index in [1.807, 2.05) is 54.6 Å². The van der Waals surface area contributed by atoms with Gasteiger partial charge in [0.25, 0.3) is 5.91 Å². The average Bonchev–Trinajstić information content (AvgIpc) is 3.07. The molecule has 0 spiro atoms. The number of carbonyl (C=O) groups excluding carboxylic acids is 1. The second kappa shape index (κ2) is 7.30. The van der Waals surface area contributed by atoms with E-state index in [9.17, 15) is 4.79 Å². The van der Waals surface area contributed by atoms with Crippen molar-refractivity contribution in [3.8, 4) is 0 Å². The standard InChI is InChI=1S/C23H18ClN3OS2/c1-12(2)15-9-8-14-20(25)21(30-22(14)26-15)23(28)27-16-5-3-4-6-18(16)29-19-10-7-13(24)11-17(19)27/h3-12H,25H2,1-2H3. The molecule has 1 aliphatic rings. The molecule has 3 heterocycles. The molecule has 0 fully saturated rings. The average molecular weight is 452 g/mol. The number of para-hydroxylation sites is 1. The van der Waals surface area contributed by atoms with Gasteiger partial charge >= 0.3 is 0 Å². The summed E-state index contributed by atoms with van der Waals surface area (Å²) in [6, 6.07) is 17.4. The van der Waals surface area contributed by atoms with E-state index in [2.05, 4.69) is 13.8 Å². The quantitative estimate of drug-likeness (QED) is 0.353. The van der Waals surface area contributed by atoms with Gasteiger partial charge in [0.05, 0.1) is 17.1 Å². The minimum atomic E-state index is -0.169. The van der Waals surface area contributed by atoms with Crippen LogP contribution in [-0.2, 0) is 0 Å². The number of thiophene rings is 1. The monoisotopic (exact) mass is 451 g/mol. The molecule has 0 unspecified atom stereocenters. The van der Waals surface area contributed by atoms with Crippen molar-refractivity contribution < 1.29 is 4.79 Å². The number of nitrogen functional groups attached to an aromatic ring is 1. The third kappa shape index (κ3) is 3.07. The zero-order valence-corrected chi connectivity index (χ0v) is 18.7. The van der Waals surface area contributed by atoms with Crippen LogP contribution in [0.25, 0.3) is 10.2 Å². The van der Waals surface area contributed by atoms with E-state index in [4.69, 9.17) is 22.3 Å². The van der Waals surface area contributed by atoms with Crippen molar-refractivity contribution in [2.24, 2.45) is 0 Å². The van der Waals surface area contributed by atoms with Crippen LogP contribution in [0.15, 0.2) is 64.4 Å². The van der Waals surface area contributed by atoms with E-state index in [0.29, 0.717) is 21.5 Å². The maximum absolute atomic E-state index is 13.8. The highest BCUT2D eigenvalue weighted by molar-refractivity contribution is 7.99. The molecule has 2 N–H and O–H groups in total. The first-order valence-corrected chi connectivity index (χ1v) is 11.5. The summed E-state index contributed by atoms with van der Waals surface area (Å²) in [7, 11) is 0. The third-order valence-corrected chi connectivity index (χ3v) is 7.56. The molecule has 4 aromatic rings.